The van der Waals surface area contributed by atoms with Crippen molar-refractivity contribution in [1.82, 2.24) is 9.78 Å². The molecule has 1 aromatic heterocycles. The lowest BCUT2D eigenvalue weighted by Gasteiger charge is -2.06. The van der Waals surface area contributed by atoms with Gasteiger partial charge in [0.1, 0.15) is 5.82 Å². The van der Waals surface area contributed by atoms with E-state index in [-0.39, 0.29) is 0 Å². The lowest BCUT2D eigenvalue weighted by atomic mass is 10.0. The van der Waals surface area contributed by atoms with Gasteiger partial charge in [-0.05, 0) is 29.8 Å². The zero-order valence-electron chi connectivity index (χ0n) is 11.0. The molecule has 0 bridgehead atoms. The molecule has 0 amide bonds. The molecule has 3 rings (SSSR count). The molecule has 4 nitrogen and oxygen atoms in total. The monoisotopic (exact) mass is 341 g/mol. The van der Waals surface area contributed by atoms with Crippen LogP contribution >= 0.6 is 15.9 Å². The van der Waals surface area contributed by atoms with Crippen LogP contribution in [0.4, 0.5) is 5.82 Å². The second kappa shape index (κ2) is 5.54. The zero-order valence-corrected chi connectivity index (χ0v) is 12.6. The Balaban J connectivity index is 2.11. The fraction of sp³-hybridized carbons (Fsp3) is 0. The van der Waals surface area contributed by atoms with E-state index < -0.39 is 0 Å². The second-order valence-corrected chi connectivity index (χ2v) is 5.45. The second-order valence-electron chi connectivity index (χ2n) is 4.54. The summed E-state index contributed by atoms with van der Waals surface area (Å²) >= 11 is 3.40. The standard InChI is InChI=1S/C16H12BrN3O/c17-12-5-7-13(8-6-12)20-16(18)15(9-19-20)14-4-2-1-3-11(14)10-21/h1-10H,18H2. The fourth-order valence-electron chi connectivity index (χ4n) is 2.20. The van der Waals surface area contributed by atoms with Crippen molar-refractivity contribution in [2.45, 2.75) is 0 Å². The van der Waals surface area contributed by atoms with Crippen LogP contribution in [0.1, 0.15) is 10.4 Å². The summed E-state index contributed by atoms with van der Waals surface area (Å²) in [6.45, 7) is 0. The van der Waals surface area contributed by atoms with Gasteiger partial charge in [0.2, 0.25) is 0 Å². The van der Waals surface area contributed by atoms with Crippen molar-refractivity contribution in [1.29, 1.82) is 0 Å². The first kappa shape index (κ1) is 13.6. The Kier molecular flexibility index (Phi) is 3.58. The average Bonchev–Trinajstić information content (AvgIpc) is 2.89. The first-order valence-electron chi connectivity index (χ1n) is 6.34. The fourth-order valence-corrected chi connectivity index (χ4v) is 2.46. The summed E-state index contributed by atoms with van der Waals surface area (Å²) in [7, 11) is 0. The van der Waals surface area contributed by atoms with E-state index in [1.54, 1.807) is 16.9 Å². The summed E-state index contributed by atoms with van der Waals surface area (Å²) in [5.74, 6) is 0.506. The van der Waals surface area contributed by atoms with E-state index in [0.29, 0.717) is 11.4 Å². The zero-order chi connectivity index (χ0) is 14.8. The minimum Gasteiger partial charge on any atom is -0.383 e. The summed E-state index contributed by atoms with van der Waals surface area (Å²) in [6.07, 6.45) is 2.51. The van der Waals surface area contributed by atoms with Crippen molar-refractivity contribution >= 4 is 28.0 Å². The number of anilines is 1. The van der Waals surface area contributed by atoms with E-state index >= 15 is 0 Å². The Labute approximate surface area is 130 Å². The molecule has 2 N–H and O–H groups in total. The number of aromatic nitrogens is 2. The molecule has 0 saturated heterocycles. The van der Waals surface area contributed by atoms with Crippen LogP contribution < -0.4 is 5.73 Å². The van der Waals surface area contributed by atoms with Gasteiger partial charge in [-0.25, -0.2) is 4.68 Å². The van der Waals surface area contributed by atoms with E-state index in [9.17, 15) is 4.79 Å². The van der Waals surface area contributed by atoms with E-state index in [2.05, 4.69) is 21.0 Å². The number of carbonyl (C=O) groups excluding carboxylic acids is 1. The van der Waals surface area contributed by atoms with Crippen LogP contribution in [-0.4, -0.2) is 16.1 Å². The topological polar surface area (TPSA) is 60.9 Å². The van der Waals surface area contributed by atoms with Gasteiger partial charge in [-0.2, -0.15) is 5.10 Å². The number of hydrogen-bond acceptors (Lipinski definition) is 3. The molecule has 2 aromatic carbocycles. The highest BCUT2D eigenvalue weighted by molar-refractivity contribution is 9.10. The summed E-state index contributed by atoms with van der Waals surface area (Å²) in [5, 5.41) is 4.33. The van der Waals surface area contributed by atoms with Crippen LogP contribution in [0.5, 0.6) is 0 Å². The first-order chi connectivity index (χ1) is 10.2. The maximum atomic E-state index is 11.2. The predicted molar refractivity (Wildman–Crippen MR) is 86.5 cm³/mol. The van der Waals surface area contributed by atoms with Crippen LogP contribution in [0, 0.1) is 0 Å². The molecule has 0 fully saturated rings. The molecule has 5 heteroatoms. The maximum Gasteiger partial charge on any atom is 0.150 e. The normalized spacial score (nSPS) is 10.5. The third kappa shape index (κ3) is 2.48. The van der Waals surface area contributed by atoms with Crippen LogP contribution in [0.15, 0.2) is 59.2 Å². The highest BCUT2D eigenvalue weighted by Crippen LogP contribution is 2.29. The molecule has 0 aliphatic heterocycles. The lowest BCUT2D eigenvalue weighted by molar-refractivity contribution is 0.112. The molecule has 21 heavy (non-hydrogen) atoms. The van der Waals surface area contributed by atoms with Crippen molar-refractivity contribution in [3.05, 3.63) is 64.8 Å². The summed E-state index contributed by atoms with van der Waals surface area (Å²) < 4.78 is 2.65. The van der Waals surface area contributed by atoms with Gasteiger partial charge in [0.25, 0.3) is 0 Å². The van der Waals surface area contributed by atoms with Crippen LogP contribution in [-0.2, 0) is 0 Å². The molecule has 0 atom stereocenters. The van der Waals surface area contributed by atoms with Gasteiger partial charge in [0.15, 0.2) is 6.29 Å². The molecule has 0 spiro atoms. The van der Waals surface area contributed by atoms with Crippen molar-refractivity contribution in [2.75, 3.05) is 5.73 Å². The van der Waals surface area contributed by atoms with Gasteiger partial charge >= 0.3 is 0 Å². The van der Waals surface area contributed by atoms with Crippen molar-refractivity contribution < 1.29 is 4.79 Å². The molecule has 0 aliphatic rings. The van der Waals surface area contributed by atoms with Gasteiger partial charge < -0.3 is 5.73 Å². The molecular formula is C16H12BrN3O. The number of nitrogens with two attached hydrogens (primary N) is 1. The molecule has 104 valence electrons. The van der Waals surface area contributed by atoms with Crippen molar-refractivity contribution in [3.8, 4) is 16.8 Å². The average molecular weight is 342 g/mol. The van der Waals surface area contributed by atoms with Gasteiger partial charge in [-0.1, -0.05) is 40.2 Å². The van der Waals surface area contributed by atoms with Crippen LogP contribution in [0.3, 0.4) is 0 Å². The minimum atomic E-state index is 0.506. The summed E-state index contributed by atoms with van der Waals surface area (Å²) in [5.41, 5.74) is 9.20. The highest BCUT2D eigenvalue weighted by atomic mass is 79.9. The third-order valence-electron chi connectivity index (χ3n) is 3.26. The van der Waals surface area contributed by atoms with Crippen molar-refractivity contribution in [3.63, 3.8) is 0 Å². The number of benzene rings is 2. The van der Waals surface area contributed by atoms with Gasteiger partial charge in [0, 0.05) is 15.6 Å². The number of halogens is 1. The SMILES string of the molecule is Nc1c(-c2ccccc2C=O)cnn1-c1ccc(Br)cc1. The predicted octanol–water partition coefficient (Wildman–Crippen LogP) is 3.70. The number of hydrogen-bond donors (Lipinski definition) is 1. The minimum absolute atomic E-state index is 0.506. The number of carbonyl (C=O) groups is 1. The Morgan fingerprint density at radius 3 is 2.48 bits per heavy atom. The van der Waals surface area contributed by atoms with E-state index in [1.807, 2.05) is 42.5 Å². The van der Waals surface area contributed by atoms with E-state index in [0.717, 1.165) is 27.6 Å². The van der Waals surface area contributed by atoms with Crippen molar-refractivity contribution in [2.24, 2.45) is 0 Å². The van der Waals surface area contributed by atoms with E-state index in [1.165, 1.54) is 0 Å². The van der Waals surface area contributed by atoms with Crippen LogP contribution in [0.25, 0.3) is 16.8 Å². The number of nitrogen functional groups attached to an aromatic ring is 1. The maximum absolute atomic E-state index is 11.2. The smallest absolute Gasteiger partial charge is 0.150 e. The molecule has 1 heterocycles. The first-order valence-corrected chi connectivity index (χ1v) is 7.14. The third-order valence-corrected chi connectivity index (χ3v) is 3.78. The van der Waals surface area contributed by atoms with Gasteiger partial charge in [-0.15, -0.1) is 0 Å². The number of nitrogens with zero attached hydrogens (tertiary/aromatic N) is 2. The molecule has 3 aromatic rings. The molecule has 0 saturated carbocycles. The van der Waals surface area contributed by atoms with Gasteiger partial charge in [-0.3, -0.25) is 4.79 Å². The molecule has 0 unspecified atom stereocenters. The summed E-state index contributed by atoms with van der Waals surface area (Å²) in [4.78, 5) is 11.2. The lowest BCUT2D eigenvalue weighted by Crippen LogP contribution is -2.02. The van der Waals surface area contributed by atoms with E-state index in [4.69, 9.17) is 5.73 Å². The Bertz CT molecular complexity index is 794. The van der Waals surface area contributed by atoms with Crippen LogP contribution in [0.2, 0.25) is 0 Å². The number of aldehydes is 1. The Morgan fingerprint density at radius 2 is 1.76 bits per heavy atom. The molecule has 0 aliphatic carbocycles. The summed E-state index contributed by atoms with van der Waals surface area (Å²) in [6, 6.07) is 15.0. The highest BCUT2D eigenvalue weighted by Gasteiger charge is 2.13. The number of rotatable bonds is 3. The Hall–Kier alpha value is -2.40. The quantitative estimate of drug-likeness (QED) is 0.739. The Morgan fingerprint density at radius 1 is 1.05 bits per heavy atom. The molecule has 0 radical (unpaired) electrons. The largest absolute Gasteiger partial charge is 0.383 e. The van der Waals surface area contributed by atoms with Gasteiger partial charge in [0.05, 0.1) is 11.9 Å². The molecular weight excluding hydrogens is 330 g/mol.